The van der Waals surface area contributed by atoms with Crippen LogP contribution in [0.1, 0.15) is 71.0 Å². The molecule has 0 saturated heterocycles. The van der Waals surface area contributed by atoms with Crippen LogP contribution >= 0.6 is 15.9 Å². The predicted octanol–water partition coefficient (Wildman–Crippen LogP) is 7.41. The first-order chi connectivity index (χ1) is 12.4. The number of aliphatic hydroxyl groups is 1. The molecule has 26 heavy (non-hydrogen) atoms. The van der Waals surface area contributed by atoms with E-state index in [0.717, 1.165) is 24.1 Å². The maximum Gasteiger partial charge on any atom is 0.137 e. The lowest BCUT2D eigenvalue weighted by molar-refractivity contribution is -0.0165. The molecule has 2 aromatic rings. The van der Waals surface area contributed by atoms with Crippen molar-refractivity contribution in [3.05, 3.63) is 46.2 Å². The molecule has 1 unspecified atom stereocenters. The fourth-order valence-corrected chi connectivity index (χ4v) is 5.37. The first-order valence-electron chi connectivity index (χ1n) is 9.91. The Kier molecular flexibility index (Phi) is 6.08. The van der Waals surface area contributed by atoms with Crippen LogP contribution in [-0.4, -0.2) is 5.11 Å². The third kappa shape index (κ3) is 3.71. The minimum atomic E-state index is -0.825. The van der Waals surface area contributed by atoms with Crippen molar-refractivity contribution < 1.29 is 9.50 Å². The summed E-state index contributed by atoms with van der Waals surface area (Å²) in [7, 11) is 0. The van der Waals surface area contributed by atoms with Crippen molar-refractivity contribution >= 4 is 26.7 Å². The number of hydrogen-bond donors (Lipinski definition) is 1. The van der Waals surface area contributed by atoms with Gasteiger partial charge in [-0.15, -0.1) is 0 Å². The van der Waals surface area contributed by atoms with Gasteiger partial charge in [-0.2, -0.15) is 0 Å². The molecule has 3 rings (SSSR count). The van der Waals surface area contributed by atoms with E-state index in [4.69, 9.17) is 0 Å². The fraction of sp³-hybridized carbons (Fsp3) is 0.565. The summed E-state index contributed by atoms with van der Waals surface area (Å²) in [5, 5.41) is 12.6. The van der Waals surface area contributed by atoms with Crippen molar-refractivity contribution in [2.45, 2.75) is 65.4 Å². The number of fused-ring (bicyclic) bond motifs is 1. The largest absolute Gasteiger partial charge is 0.388 e. The third-order valence-corrected chi connectivity index (χ3v) is 7.20. The number of halogens is 2. The summed E-state index contributed by atoms with van der Waals surface area (Å²) in [6, 6.07) is 9.36. The zero-order valence-electron chi connectivity index (χ0n) is 16.1. The molecule has 1 atom stereocenters. The van der Waals surface area contributed by atoms with Gasteiger partial charge in [0.2, 0.25) is 0 Å². The second-order valence-corrected chi connectivity index (χ2v) is 9.39. The third-order valence-electron chi connectivity index (χ3n) is 6.55. The minimum Gasteiger partial charge on any atom is -0.388 e. The molecular weight excluding hydrogens is 391 g/mol. The van der Waals surface area contributed by atoms with Crippen molar-refractivity contribution in [2.75, 3.05) is 0 Å². The maximum absolute atomic E-state index is 15.3. The smallest absolute Gasteiger partial charge is 0.137 e. The van der Waals surface area contributed by atoms with E-state index >= 15 is 4.39 Å². The molecule has 0 heterocycles. The Morgan fingerprint density at radius 3 is 2.50 bits per heavy atom. The minimum absolute atomic E-state index is 0.296. The number of hydrogen-bond acceptors (Lipinski definition) is 1. The van der Waals surface area contributed by atoms with Crippen LogP contribution in [0.25, 0.3) is 10.8 Å². The van der Waals surface area contributed by atoms with E-state index in [0.29, 0.717) is 21.3 Å². The van der Waals surface area contributed by atoms with Gasteiger partial charge in [-0.3, -0.25) is 0 Å². The molecule has 1 aliphatic rings. The molecule has 2 aromatic carbocycles. The van der Waals surface area contributed by atoms with Gasteiger partial charge in [0, 0.05) is 15.4 Å². The second kappa shape index (κ2) is 7.98. The fourth-order valence-electron chi connectivity index (χ4n) is 4.74. The Balaban J connectivity index is 1.88. The lowest BCUT2D eigenvalue weighted by atomic mass is 9.64. The van der Waals surface area contributed by atoms with Gasteiger partial charge in [0.15, 0.2) is 0 Å². The first-order valence-corrected chi connectivity index (χ1v) is 10.7. The average molecular weight is 421 g/mol. The summed E-state index contributed by atoms with van der Waals surface area (Å²) in [4.78, 5) is 0. The van der Waals surface area contributed by atoms with Gasteiger partial charge < -0.3 is 5.11 Å². The van der Waals surface area contributed by atoms with Crippen LogP contribution in [0.4, 0.5) is 4.39 Å². The molecule has 1 fully saturated rings. The van der Waals surface area contributed by atoms with Crippen LogP contribution in [0.2, 0.25) is 0 Å². The van der Waals surface area contributed by atoms with E-state index in [1.165, 1.54) is 25.7 Å². The van der Waals surface area contributed by atoms with Crippen LogP contribution in [0.3, 0.4) is 0 Å². The second-order valence-electron chi connectivity index (χ2n) is 8.54. The highest BCUT2D eigenvalue weighted by atomic mass is 79.9. The van der Waals surface area contributed by atoms with Crippen molar-refractivity contribution in [1.29, 1.82) is 0 Å². The summed E-state index contributed by atoms with van der Waals surface area (Å²) in [5.41, 5.74) is 0.0487. The first kappa shape index (κ1) is 19.8. The lowest BCUT2D eigenvalue weighted by Gasteiger charge is -2.42. The van der Waals surface area contributed by atoms with Crippen molar-refractivity contribution in [3.8, 4) is 0 Å². The van der Waals surface area contributed by atoms with E-state index in [1.807, 2.05) is 24.3 Å². The predicted molar refractivity (Wildman–Crippen MR) is 111 cm³/mol. The molecule has 0 radical (unpaired) electrons. The van der Waals surface area contributed by atoms with Gasteiger partial charge in [-0.05, 0) is 41.5 Å². The highest BCUT2D eigenvalue weighted by molar-refractivity contribution is 9.10. The van der Waals surface area contributed by atoms with Crippen LogP contribution in [0, 0.1) is 23.1 Å². The lowest BCUT2D eigenvalue weighted by Crippen LogP contribution is -2.34. The Morgan fingerprint density at radius 1 is 1.19 bits per heavy atom. The average Bonchev–Trinajstić information content (AvgIpc) is 2.62. The standard InChI is InChI=1S/C23H30BrFO/c1-4-7-15-10-12-17(13-11-15)23(2,3)22(26)20-19(24)14-16-8-5-6-9-18(16)21(20)25/h5-6,8-9,14-15,17,22,26H,4,7,10-13H2,1-3H3. The highest BCUT2D eigenvalue weighted by Crippen LogP contribution is 2.50. The molecule has 3 heteroatoms. The van der Waals surface area contributed by atoms with Gasteiger partial charge in [-0.1, -0.05) is 86.6 Å². The van der Waals surface area contributed by atoms with Gasteiger partial charge in [0.05, 0.1) is 6.10 Å². The number of benzene rings is 2. The zero-order chi connectivity index (χ0) is 18.9. The molecular formula is C23H30BrFO. The Hall–Kier alpha value is -0.930. The number of aliphatic hydroxyl groups excluding tert-OH is 1. The van der Waals surface area contributed by atoms with Crippen LogP contribution in [-0.2, 0) is 0 Å². The summed E-state index contributed by atoms with van der Waals surface area (Å²) in [6.45, 7) is 6.45. The quantitative estimate of drug-likeness (QED) is 0.533. The molecule has 0 aromatic heterocycles. The Labute approximate surface area is 165 Å². The normalized spacial score (nSPS) is 22.5. The van der Waals surface area contributed by atoms with Gasteiger partial charge >= 0.3 is 0 Å². The molecule has 142 valence electrons. The van der Waals surface area contributed by atoms with E-state index in [9.17, 15) is 5.11 Å². The van der Waals surface area contributed by atoms with Crippen LogP contribution < -0.4 is 0 Å². The summed E-state index contributed by atoms with van der Waals surface area (Å²) in [5.74, 6) is 0.951. The van der Waals surface area contributed by atoms with Gasteiger partial charge in [0.1, 0.15) is 5.82 Å². The number of rotatable bonds is 5. The summed E-state index contributed by atoms with van der Waals surface area (Å²) >= 11 is 3.52. The monoisotopic (exact) mass is 420 g/mol. The van der Waals surface area contributed by atoms with Crippen LogP contribution in [0.15, 0.2) is 34.8 Å². The molecule has 0 bridgehead atoms. The summed E-state index contributed by atoms with van der Waals surface area (Å²) < 4.78 is 15.9. The molecule has 0 aliphatic heterocycles. The van der Waals surface area contributed by atoms with E-state index in [1.54, 1.807) is 6.07 Å². The molecule has 1 aliphatic carbocycles. The van der Waals surface area contributed by atoms with Crippen molar-refractivity contribution in [1.82, 2.24) is 0 Å². The van der Waals surface area contributed by atoms with E-state index in [-0.39, 0.29) is 11.2 Å². The molecule has 0 amide bonds. The molecule has 1 N–H and O–H groups in total. The highest BCUT2D eigenvalue weighted by Gasteiger charge is 2.41. The van der Waals surface area contributed by atoms with E-state index < -0.39 is 6.10 Å². The van der Waals surface area contributed by atoms with Gasteiger partial charge in [-0.25, -0.2) is 4.39 Å². The Morgan fingerprint density at radius 2 is 1.85 bits per heavy atom. The molecule has 1 saturated carbocycles. The zero-order valence-corrected chi connectivity index (χ0v) is 17.7. The molecule has 0 spiro atoms. The van der Waals surface area contributed by atoms with Crippen molar-refractivity contribution in [3.63, 3.8) is 0 Å². The maximum atomic E-state index is 15.3. The molecule has 1 nitrogen and oxygen atoms in total. The van der Waals surface area contributed by atoms with Gasteiger partial charge in [0.25, 0.3) is 0 Å². The Bertz CT molecular complexity index is 762. The van der Waals surface area contributed by atoms with Crippen molar-refractivity contribution in [2.24, 2.45) is 17.3 Å². The topological polar surface area (TPSA) is 20.2 Å². The SMILES string of the molecule is CCCC1CCC(C(C)(C)C(O)c2c(Br)cc3ccccc3c2F)CC1. The summed E-state index contributed by atoms with van der Waals surface area (Å²) in [6.07, 6.45) is 6.45. The van der Waals surface area contributed by atoms with Crippen LogP contribution in [0.5, 0.6) is 0 Å². The van der Waals surface area contributed by atoms with E-state index in [2.05, 4.69) is 36.7 Å².